The third-order valence-electron chi connectivity index (χ3n) is 5.95. The van der Waals surface area contributed by atoms with E-state index in [1.807, 2.05) is 44.2 Å². The molecule has 2 atom stereocenters. The third-order valence-corrected chi connectivity index (χ3v) is 5.95. The largest absolute Gasteiger partial charge is 0.480 e. The van der Waals surface area contributed by atoms with Gasteiger partial charge < -0.3 is 14.9 Å². The number of para-hydroxylation sites is 1. The summed E-state index contributed by atoms with van der Waals surface area (Å²) in [5.74, 6) is -2.39. The molecule has 0 radical (unpaired) electrons. The summed E-state index contributed by atoms with van der Waals surface area (Å²) in [7, 11) is 0. The van der Waals surface area contributed by atoms with Crippen LogP contribution < -0.4 is 4.90 Å². The van der Waals surface area contributed by atoms with E-state index < -0.39 is 36.2 Å². The Bertz CT molecular complexity index is 1030. The van der Waals surface area contributed by atoms with Crippen LogP contribution in [0.25, 0.3) is 0 Å². The van der Waals surface area contributed by atoms with E-state index >= 15 is 0 Å². The Hall–Kier alpha value is -3.48. The van der Waals surface area contributed by atoms with Crippen molar-refractivity contribution < 1.29 is 24.3 Å². The van der Waals surface area contributed by atoms with Crippen LogP contribution in [0.1, 0.15) is 56.0 Å². The Morgan fingerprint density at radius 1 is 1.03 bits per heavy atom. The number of amides is 2. The van der Waals surface area contributed by atoms with Crippen molar-refractivity contribution in [1.82, 2.24) is 4.90 Å². The molecule has 2 aromatic carbocycles. The van der Waals surface area contributed by atoms with E-state index in [1.54, 1.807) is 24.3 Å². The van der Waals surface area contributed by atoms with Crippen LogP contribution in [-0.4, -0.2) is 45.7 Å². The highest BCUT2D eigenvalue weighted by Gasteiger charge is 2.42. The Morgan fingerprint density at radius 2 is 1.67 bits per heavy atom. The molecule has 0 aromatic heterocycles. The van der Waals surface area contributed by atoms with Gasteiger partial charge in [0.1, 0.15) is 12.1 Å². The number of carboxylic acids is 1. The van der Waals surface area contributed by atoms with Crippen LogP contribution >= 0.6 is 0 Å². The lowest BCUT2D eigenvalue weighted by molar-refractivity contribution is -0.153. The molecule has 1 heterocycles. The average Bonchev–Trinajstić information content (AvgIpc) is 2.81. The Labute approximate surface area is 194 Å². The highest BCUT2D eigenvalue weighted by molar-refractivity contribution is 6.09. The van der Waals surface area contributed by atoms with Crippen LogP contribution in [0, 0.1) is 5.92 Å². The Kier molecular flexibility index (Phi) is 7.63. The first kappa shape index (κ1) is 24.2. The molecule has 1 aliphatic rings. The maximum absolute atomic E-state index is 14.0. The first-order valence-electron chi connectivity index (χ1n) is 11.2. The normalized spacial score (nSPS) is 19.0. The number of hydrogen-bond acceptors (Lipinski definition) is 4. The lowest BCUT2D eigenvalue weighted by Crippen LogP contribution is -2.56. The minimum atomic E-state index is -1.42. The second-order valence-electron chi connectivity index (χ2n) is 8.82. The van der Waals surface area contributed by atoms with Gasteiger partial charge in [0.15, 0.2) is 5.78 Å². The van der Waals surface area contributed by atoms with Crippen molar-refractivity contribution in [2.24, 2.45) is 5.92 Å². The van der Waals surface area contributed by atoms with Crippen molar-refractivity contribution in [3.63, 3.8) is 0 Å². The first-order chi connectivity index (χ1) is 15.7. The van der Waals surface area contributed by atoms with Gasteiger partial charge in [-0.1, -0.05) is 56.3 Å². The van der Waals surface area contributed by atoms with Crippen molar-refractivity contribution in [3.8, 4) is 0 Å². The van der Waals surface area contributed by atoms with E-state index in [0.717, 1.165) is 10.5 Å². The van der Waals surface area contributed by atoms with Gasteiger partial charge in [0.25, 0.3) is 0 Å². The molecule has 3 rings (SSSR count). The van der Waals surface area contributed by atoms with E-state index in [1.165, 1.54) is 11.8 Å². The summed E-state index contributed by atoms with van der Waals surface area (Å²) in [5.41, 5.74) is 1.57. The number of anilines is 1. The van der Waals surface area contributed by atoms with Gasteiger partial charge in [0.05, 0.1) is 12.2 Å². The quantitative estimate of drug-likeness (QED) is 0.720. The van der Waals surface area contributed by atoms with Gasteiger partial charge in [-0.2, -0.15) is 0 Å². The molecule has 0 spiro atoms. The minimum absolute atomic E-state index is 0.200. The van der Waals surface area contributed by atoms with Gasteiger partial charge >= 0.3 is 5.97 Å². The molecule has 0 fully saturated rings. The molecule has 0 bridgehead atoms. The minimum Gasteiger partial charge on any atom is -0.480 e. The number of aliphatic carboxylic acids is 1. The fraction of sp³-hybridized carbons (Fsp3) is 0.385. The number of nitrogens with zero attached hydrogens (tertiary/aromatic N) is 2. The summed E-state index contributed by atoms with van der Waals surface area (Å²) in [6, 6.07) is 13.7. The molecule has 7 heteroatoms. The van der Waals surface area contributed by atoms with Gasteiger partial charge in [-0.15, -0.1) is 0 Å². The topological polar surface area (TPSA) is 95.0 Å². The lowest BCUT2D eigenvalue weighted by Gasteiger charge is -2.36. The molecule has 174 valence electrons. The lowest BCUT2D eigenvalue weighted by atomic mass is 9.98. The highest BCUT2D eigenvalue weighted by Crippen LogP contribution is 2.31. The fourth-order valence-electron chi connectivity index (χ4n) is 4.29. The molecule has 1 N–H and O–H groups in total. The predicted octanol–water partition coefficient (Wildman–Crippen LogP) is 3.91. The second kappa shape index (κ2) is 10.4. The summed E-state index contributed by atoms with van der Waals surface area (Å²) < 4.78 is 0. The Balaban J connectivity index is 2.20. The van der Waals surface area contributed by atoms with Crippen molar-refractivity contribution in [2.45, 2.75) is 58.7 Å². The van der Waals surface area contributed by atoms with Crippen LogP contribution in [0.2, 0.25) is 0 Å². The SMILES string of the molecule is CC(=O)N1[C@H](CCC(C)C)C(=O)N(Cc2ccccc2)c2ccccc2C(=O)C[C@H]1C(=O)O. The molecule has 0 saturated heterocycles. The van der Waals surface area contributed by atoms with Crippen molar-refractivity contribution >= 4 is 29.3 Å². The van der Waals surface area contributed by atoms with Gasteiger partial charge in [0.2, 0.25) is 11.8 Å². The molecule has 1 aliphatic heterocycles. The molecular weight excluding hydrogens is 420 g/mol. The first-order valence-corrected chi connectivity index (χ1v) is 11.2. The predicted molar refractivity (Wildman–Crippen MR) is 125 cm³/mol. The molecule has 7 nitrogen and oxygen atoms in total. The zero-order valence-electron chi connectivity index (χ0n) is 19.2. The molecule has 2 aromatic rings. The molecule has 33 heavy (non-hydrogen) atoms. The number of fused-ring (bicyclic) bond motifs is 1. The number of rotatable bonds is 6. The summed E-state index contributed by atoms with van der Waals surface area (Å²) in [6.45, 7) is 5.47. The molecule has 0 saturated carbocycles. The summed E-state index contributed by atoms with van der Waals surface area (Å²) in [6.07, 6.45) is 0.541. The molecular formula is C26H30N2O5. The third kappa shape index (κ3) is 5.48. The highest BCUT2D eigenvalue weighted by atomic mass is 16.4. The van der Waals surface area contributed by atoms with Gasteiger partial charge in [-0.05, 0) is 36.5 Å². The number of hydrogen-bond donors (Lipinski definition) is 1. The number of carboxylic acid groups (broad SMARTS) is 1. The van der Waals surface area contributed by atoms with E-state index in [9.17, 15) is 24.3 Å². The van der Waals surface area contributed by atoms with Crippen LogP contribution in [-0.2, 0) is 20.9 Å². The van der Waals surface area contributed by atoms with Gasteiger partial charge in [0, 0.05) is 18.9 Å². The van der Waals surface area contributed by atoms with E-state index in [2.05, 4.69) is 0 Å². The molecule has 2 amide bonds. The standard InChI is InChI=1S/C26H30N2O5/c1-17(2)13-14-22-25(31)27(16-19-9-5-4-6-10-19)21-12-8-7-11-20(21)24(30)15-23(26(32)33)28(22)18(3)29/h4-12,17,22-23H,13-16H2,1-3H3,(H,32,33)/t22-,23+/m1/s1. The van der Waals surface area contributed by atoms with E-state index in [-0.39, 0.29) is 23.9 Å². The van der Waals surface area contributed by atoms with Gasteiger partial charge in [-0.3, -0.25) is 14.4 Å². The second-order valence-corrected chi connectivity index (χ2v) is 8.82. The van der Waals surface area contributed by atoms with E-state index in [0.29, 0.717) is 18.5 Å². The summed E-state index contributed by atoms with van der Waals surface area (Å²) >= 11 is 0. The number of carbonyl (C=O) groups excluding carboxylic acids is 3. The number of ketones is 1. The summed E-state index contributed by atoms with van der Waals surface area (Å²) in [4.78, 5) is 54.8. The summed E-state index contributed by atoms with van der Waals surface area (Å²) in [5, 5.41) is 9.94. The smallest absolute Gasteiger partial charge is 0.326 e. The Morgan fingerprint density at radius 3 is 2.27 bits per heavy atom. The zero-order chi connectivity index (χ0) is 24.1. The van der Waals surface area contributed by atoms with Crippen molar-refractivity contribution in [2.75, 3.05) is 4.90 Å². The van der Waals surface area contributed by atoms with Crippen LogP contribution in [0.4, 0.5) is 5.69 Å². The van der Waals surface area contributed by atoms with Crippen LogP contribution in [0.5, 0.6) is 0 Å². The van der Waals surface area contributed by atoms with Crippen LogP contribution in [0.3, 0.4) is 0 Å². The van der Waals surface area contributed by atoms with Crippen LogP contribution in [0.15, 0.2) is 54.6 Å². The van der Waals surface area contributed by atoms with Crippen molar-refractivity contribution in [3.05, 3.63) is 65.7 Å². The van der Waals surface area contributed by atoms with E-state index in [4.69, 9.17) is 0 Å². The fourth-order valence-corrected chi connectivity index (χ4v) is 4.29. The molecule has 0 aliphatic carbocycles. The number of Topliss-reactive ketones (excluding diaryl/α,β-unsaturated/α-hetero) is 1. The number of carbonyl (C=O) groups is 4. The monoisotopic (exact) mass is 450 g/mol. The molecule has 0 unspecified atom stereocenters. The van der Waals surface area contributed by atoms with Gasteiger partial charge in [-0.25, -0.2) is 4.79 Å². The maximum atomic E-state index is 14.0. The number of benzene rings is 2. The van der Waals surface area contributed by atoms with Crippen molar-refractivity contribution in [1.29, 1.82) is 0 Å². The zero-order valence-corrected chi connectivity index (χ0v) is 19.2. The average molecular weight is 451 g/mol. The maximum Gasteiger partial charge on any atom is 0.326 e.